The van der Waals surface area contributed by atoms with Crippen molar-refractivity contribution in [1.29, 1.82) is 0 Å². The van der Waals surface area contributed by atoms with Crippen molar-refractivity contribution in [2.24, 2.45) is 0 Å². The number of anilines is 3. The van der Waals surface area contributed by atoms with E-state index in [2.05, 4.69) is 241 Å². The minimum Gasteiger partial charge on any atom is -0.311 e. The summed E-state index contributed by atoms with van der Waals surface area (Å²) in [6.07, 6.45) is 0. The largest absolute Gasteiger partial charge is 0.311 e. The molecule has 260 valence electrons. The van der Waals surface area contributed by atoms with E-state index < -0.39 is 0 Å². The van der Waals surface area contributed by atoms with Gasteiger partial charge >= 0.3 is 0 Å². The topological polar surface area (TPSA) is 3.24 Å². The van der Waals surface area contributed by atoms with Crippen LogP contribution in [0.25, 0.3) is 66.8 Å². The Morgan fingerprint density at radius 3 is 0.818 bits per heavy atom. The van der Waals surface area contributed by atoms with E-state index in [1.165, 1.54) is 66.8 Å². The summed E-state index contributed by atoms with van der Waals surface area (Å²) in [6, 6.07) is 84.9. The van der Waals surface area contributed by atoms with Gasteiger partial charge in [0.1, 0.15) is 0 Å². The van der Waals surface area contributed by atoms with Crippen LogP contribution in [-0.2, 0) is 0 Å². The highest BCUT2D eigenvalue weighted by molar-refractivity contribution is 5.88. The zero-order chi connectivity index (χ0) is 36.8. The highest BCUT2D eigenvalue weighted by Gasteiger charge is 2.16. The summed E-state index contributed by atoms with van der Waals surface area (Å²) < 4.78 is 0. The van der Waals surface area contributed by atoms with Crippen LogP contribution < -0.4 is 4.90 Å². The van der Waals surface area contributed by atoms with Crippen LogP contribution in [0.3, 0.4) is 0 Å². The fourth-order valence-corrected chi connectivity index (χ4v) is 7.42. The molecule has 9 aromatic carbocycles. The molecule has 1 heteroatoms. The van der Waals surface area contributed by atoms with E-state index in [9.17, 15) is 0 Å². The van der Waals surface area contributed by atoms with E-state index in [1.54, 1.807) is 0 Å². The smallest absolute Gasteiger partial charge is 0.0462 e. The van der Waals surface area contributed by atoms with Crippen LogP contribution in [0.4, 0.5) is 17.1 Å². The van der Waals surface area contributed by atoms with Gasteiger partial charge in [0.2, 0.25) is 0 Å². The van der Waals surface area contributed by atoms with E-state index >= 15 is 0 Å². The van der Waals surface area contributed by atoms with Crippen LogP contribution in [0.5, 0.6) is 0 Å². The van der Waals surface area contributed by atoms with Crippen LogP contribution in [0.1, 0.15) is 0 Å². The standard InChI is InChI=1S/C54H39N/c1-5-13-40(14-6-1)43-21-23-44(24-22-43)46-27-34-51(35-28-46)55(50-32-25-45(26-33-50)41-15-7-2-8-16-41)52-36-29-48(30-37-52)54-39-49(42-17-9-3-10-18-42)31-38-53(54)47-19-11-4-12-20-47/h1-39H. The lowest BCUT2D eigenvalue weighted by atomic mass is 9.91. The molecular formula is C54H39N. The van der Waals surface area contributed by atoms with Gasteiger partial charge in [0.05, 0.1) is 0 Å². The lowest BCUT2D eigenvalue weighted by Crippen LogP contribution is -2.09. The zero-order valence-corrected chi connectivity index (χ0v) is 30.5. The molecule has 0 N–H and O–H groups in total. The maximum Gasteiger partial charge on any atom is 0.0462 e. The molecule has 0 saturated carbocycles. The quantitative estimate of drug-likeness (QED) is 0.145. The van der Waals surface area contributed by atoms with Crippen molar-refractivity contribution in [1.82, 2.24) is 0 Å². The van der Waals surface area contributed by atoms with Gasteiger partial charge in [-0.3, -0.25) is 0 Å². The van der Waals surface area contributed by atoms with Gasteiger partial charge in [-0.1, -0.05) is 194 Å². The first-order valence-electron chi connectivity index (χ1n) is 18.8. The Balaban J connectivity index is 1.09. The molecule has 0 unspecified atom stereocenters. The second-order valence-electron chi connectivity index (χ2n) is 13.8. The molecule has 0 amide bonds. The summed E-state index contributed by atoms with van der Waals surface area (Å²) >= 11 is 0. The van der Waals surface area contributed by atoms with Gasteiger partial charge in [-0.2, -0.15) is 0 Å². The normalized spacial score (nSPS) is 10.9. The van der Waals surface area contributed by atoms with Crippen LogP contribution >= 0.6 is 0 Å². The Morgan fingerprint density at radius 1 is 0.182 bits per heavy atom. The van der Waals surface area contributed by atoms with Crippen molar-refractivity contribution in [3.8, 4) is 66.8 Å². The third kappa shape index (κ3) is 7.25. The fraction of sp³-hybridized carbons (Fsp3) is 0. The molecule has 0 atom stereocenters. The summed E-state index contributed by atoms with van der Waals surface area (Å²) in [5.41, 5.74) is 17.7. The van der Waals surface area contributed by atoms with Gasteiger partial charge in [0.15, 0.2) is 0 Å². The summed E-state index contributed by atoms with van der Waals surface area (Å²) in [7, 11) is 0. The monoisotopic (exact) mass is 701 g/mol. The van der Waals surface area contributed by atoms with Crippen molar-refractivity contribution < 1.29 is 0 Å². The van der Waals surface area contributed by atoms with Crippen LogP contribution in [0.2, 0.25) is 0 Å². The van der Waals surface area contributed by atoms with E-state index in [4.69, 9.17) is 0 Å². The second kappa shape index (κ2) is 15.4. The highest BCUT2D eigenvalue weighted by atomic mass is 15.1. The van der Waals surface area contributed by atoms with Gasteiger partial charge in [-0.05, 0) is 109 Å². The van der Waals surface area contributed by atoms with Crippen molar-refractivity contribution in [2.75, 3.05) is 4.90 Å². The Labute approximate surface area is 324 Å². The predicted octanol–water partition coefficient (Wildman–Crippen LogP) is 15.2. The van der Waals surface area contributed by atoms with E-state index in [-0.39, 0.29) is 0 Å². The second-order valence-corrected chi connectivity index (χ2v) is 13.8. The molecule has 0 aliphatic carbocycles. The van der Waals surface area contributed by atoms with Crippen LogP contribution in [0, 0.1) is 0 Å². The number of hydrogen-bond donors (Lipinski definition) is 0. The zero-order valence-electron chi connectivity index (χ0n) is 30.5. The average molecular weight is 702 g/mol. The van der Waals surface area contributed by atoms with Crippen molar-refractivity contribution in [2.45, 2.75) is 0 Å². The van der Waals surface area contributed by atoms with Crippen molar-refractivity contribution >= 4 is 17.1 Å². The number of nitrogens with zero attached hydrogens (tertiary/aromatic N) is 1. The first-order valence-corrected chi connectivity index (χ1v) is 18.8. The van der Waals surface area contributed by atoms with Gasteiger partial charge < -0.3 is 4.90 Å². The Hall–Kier alpha value is -7.22. The van der Waals surface area contributed by atoms with Gasteiger partial charge in [0, 0.05) is 17.1 Å². The molecule has 55 heavy (non-hydrogen) atoms. The number of rotatable bonds is 9. The minimum atomic E-state index is 1.09. The van der Waals surface area contributed by atoms with Crippen molar-refractivity contribution in [3.05, 3.63) is 237 Å². The number of benzene rings is 9. The predicted molar refractivity (Wildman–Crippen MR) is 234 cm³/mol. The van der Waals surface area contributed by atoms with Gasteiger partial charge in [0.25, 0.3) is 0 Å². The first-order chi connectivity index (χ1) is 27.3. The van der Waals surface area contributed by atoms with Gasteiger partial charge in [-0.25, -0.2) is 0 Å². The molecule has 0 fully saturated rings. The molecule has 0 heterocycles. The van der Waals surface area contributed by atoms with Crippen molar-refractivity contribution in [3.63, 3.8) is 0 Å². The number of hydrogen-bond acceptors (Lipinski definition) is 1. The lowest BCUT2D eigenvalue weighted by Gasteiger charge is -2.26. The van der Waals surface area contributed by atoms with E-state index in [0.717, 1.165) is 17.1 Å². The molecular weight excluding hydrogens is 663 g/mol. The summed E-state index contributed by atoms with van der Waals surface area (Å²) in [6.45, 7) is 0. The van der Waals surface area contributed by atoms with Gasteiger partial charge in [-0.15, -0.1) is 0 Å². The van der Waals surface area contributed by atoms with Crippen LogP contribution in [-0.4, -0.2) is 0 Å². The summed E-state index contributed by atoms with van der Waals surface area (Å²) in [5.74, 6) is 0. The molecule has 9 rings (SSSR count). The molecule has 1 nitrogen and oxygen atoms in total. The molecule has 0 bridgehead atoms. The molecule has 0 aliphatic heterocycles. The third-order valence-electron chi connectivity index (χ3n) is 10.3. The molecule has 0 spiro atoms. The molecule has 9 aromatic rings. The van der Waals surface area contributed by atoms with E-state index in [1.807, 2.05) is 0 Å². The maximum atomic E-state index is 2.35. The minimum absolute atomic E-state index is 1.09. The molecule has 0 aliphatic rings. The molecule has 0 saturated heterocycles. The Morgan fingerprint density at radius 2 is 0.436 bits per heavy atom. The van der Waals surface area contributed by atoms with Crippen LogP contribution in [0.15, 0.2) is 237 Å². The SMILES string of the molecule is c1ccc(-c2ccc(-c3ccc(N(c4ccc(-c5ccccc5)cc4)c4ccc(-c5cc(-c6ccccc6)ccc5-c5ccccc5)cc4)cc3)cc2)cc1. The molecule has 0 aromatic heterocycles. The highest BCUT2D eigenvalue weighted by Crippen LogP contribution is 2.40. The maximum absolute atomic E-state index is 2.35. The first kappa shape index (κ1) is 33.6. The third-order valence-corrected chi connectivity index (χ3v) is 10.3. The molecule has 0 radical (unpaired) electrons. The fourth-order valence-electron chi connectivity index (χ4n) is 7.42. The summed E-state index contributed by atoms with van der Waals surface area (Å²) in [5, 5.41) is 0. The summed E-state index contributed by atoms with van der Waals surface area (Å²) in [4.78, 5) is 2.35. The Bertz CT molecular complexity index is 2610. The average Bonchev–Trinajstić information content (AvgIpc) is 3.28. The van der Waals surface area contributed by atoms with E-state index in [0.29, 0.717) is 0 Å². The Kier molecular flexibility index (Phi) is 9.41. The lowest BCUT2D eigenvalue weighted by molar-refractivity contribution is 1.28.